The molecule has 27 heavy (non-hydrogen) atoms. The van der Waals surface area contributed by atoms with Crippen LogP contribution in [0.3, 0.4) is 0 Å². The lowest BCUT2D eigenvalue weighted by Gasteiger charge is -2.16. The Bertz CT molecular complexity index is 1050. The minimum atomic E-state index is -3.63. The fourth-order valence-electron chi connectivity index (χ4n) is 3.09. The molecule has 5 nitrogen and oxygen atoms in total. The van der Waals surface area contributed by atoms with E-state index in [1.165, 1.54) is 0 Å². The summed E-state index contributed by atoms with van der Waals surface area (Å²) in [6.07, 6.45) is 5.12. The van der Waals surface area contributed by atoms with Crippen molar-refractivity contribution in [3.63, 3.8) is 0 Å². The first-order chi connectivity index (χ1) is 12.8. The molecule has 0 unspecified atom stereocenters. The first kappa shape index (κ1) is 19.2. The largest absolute Gasteiger partial charge is 0.264 e. The van der Waals surface area contributed by atoms with Gasteiger partial charge in [-0.15, -0.1) is 0 Å². The summed E-state index contributed by atoms with van der Waals surface area (Å²) in [4.78, 5) is 8.82. The number of hydrogen-bond donors (Lipinski definition) is 1. The van der Waals surface area contributed by atoms with Crippen LogP contribution in [-0.4, -0.2) is 18.4 Å². The van der Waals surface area contributed by atoms with Crippen molar-refractivity contribution in [2.24, 2.45) is 0 Å². The maximum absolute atomic E-state index is 13.0. The van der Waals surface area contributed by atoms with Gasteiger partial charge in [0.2, 0.25) is 10.0 Å². The summed E-state index contributed by atoms with van der Waals surface area (Å²) in [5, 5.41) is 0. The molecular formula is C21H23N3O2S. The summed E-state index contributed by atoms with van der Waals surface area (Å²) in [7, 11) is -3.63. The van der Waals surface area contributed by atoms with Crippen LogP contribution >= 0.6 is 0 Å². The average Bonchev–Trinajstić information content (AvgIpc) is 2.66. The molecule has 0 fully saturated rings. The maximum atomic E-state index is 13.0. The zero-order chi connectivity index (χ0) is 19.6. The van der Waals surface area contributed by atoms with E-state index in [0.717, 1.165) is 39.1 Å². The summed E-state index contributed by atoms with van der Waals surface area (Å²) in [6.45, 7) is 7.77. The summed E-state index contributed by atoms with van der Waals surface area (Å²) in [5.74, 6) is 0. The molecule has 3 aromatic rings. The average molecular weight is 382 g/mol. The lowest BCUT2D eigenvalue weighted by Crippen LogP contribution is -2.25. The highest BCUT2D eigenvalue weighted by molar-refractivity contribution is 7.89. The Labute approximate surface area is 160 Å². The lowest BCUT2D eigenvalue weighted by atomic mass is 10.0. The molecule has 0 saturated heterocycles. The van der Waals surface area contributed by atoms with Gasteiger partial charge in [0.25, 0.3) is 0 Å². The minimum absolute atomic E-state index is 0.198. The van der Waals surface area contributed by atoms with E-state index in [4.69, 9.17) is 0 Å². The van der Waals surface area contributed by atoms with Gasteiger partial charge in [0.05, 0.1) is 10.6 Å². The topological polar surface area (TPSA) is 72.0 Å². The second-order valence-electron chi connectivity index (χ2n) is 6.71. The molecular weight excluding hydrogens is 358 g/mol. The molecule has 0 atom stereocenters. The number of aromatic nitrogens is 2. The Morgan fingerprint density at radius 3 is 2.30 bits per heavy atom. The van der Waals surface area contributed by atoms with Crippen molar-refractivity contribution in [1.82, 2.24) is 14.7 Å². The molecule has 0 saturated carbocycles. The predicted molar refractivity (Wildman–Crippen MR) is 107 cm³/mol. The van der Waals surface area contributed by atoms with E-state index in [2.05, 4.69) is 14.7 Å². The fraction of sp³-hybridized carbons (Fsp3) is 0.238. The molecule has 140 valence electrons. The molecule has 2 aromatic heterocycles. The molecule has 0 radical (unpaired) electrons. The van der Waals surface area contributed by atoms with E-state index < -0.39 is 10.0 Å². The monoisotopic (exact) mass is 381 g/mol. The van der Waals surface area contributed by atoms with Crippen LogP contribution in [0, 0.1) is 27.7 Å². The van der Waals surface area contributed by atoms with Crippen molar-refractivity contribution >= 4 is 10.0 Å². The van der Waals surface area contributed by atoms with Crippen LogP contribution in [0.1, 0.15) is 27.8 Å². The van der Waals surface area contributed by atoms with E-state index in [1.54, 1.807) is 18.6 Å². The number of pyridine rings is 2. The van der Waals surface area contributed by atoms with Gasteiger partial charge < -0.3 is 0 Å². The normalized spacial score (nSPS) is 11.6. The molecule has 0 aliphatic heterocycles. The van der Waals surface area contributed by atoms with E-state index in [-0.39, 0.29) is 6.54 Å². The predicted octanol–water partition coefficient (Wildman–Crippen LogP) is 3.86. The van der Waals surface area contributed by atoms with E-state index in [9.17, 15) is 8.42 Å². The maximum Gasteiger partial charge on any atom is 0.241 e. The van der Waals surface area contributed by atoms with Crippen LogP contribution in [0.15, 0.2) is 53.8 Å². The molecule has 2 heterocycles. The second kappa shape index (κ2) is 7.58. The van der Waals surface area contributed by atoms with E-state index in [0.29, 0.717) is 4.90 Å². The van der Waals surface area contributed by atoms with Crippen LogP contribution in [0.4, 0.5) is 0 Å². The highest BCUT2D eigenvalue weighted by Crippen LogP contribution is 2.26. The quantitative estimate of drug-likeness (QED) is 0.728. The molecule has 3 rings (SSSR count). The van der Waals surface area contributed by atoms with Crippen LogP contribution in [0.2, 0.25) is 0 Å². The highest BCUT2D eigenvalue weighted by Gasteiger charge is 2.21. The van der Waals surface area contributed by atoms with Crippen molar-refractivity contribution in [2.45, 2.75) is 39.1 Å². The number of nitrogens with zero attached hydrogens (tertiary/aromatic N) is 2. The molecule has 0 aliphatic carbocycles. The third-order valence-electron chi connectivity index (χ3n) is 4.81. The zero-order valence-corrected chi connectivity index (χ0v) is 16.8. The lowest BCUT2D eigenvalue weighted by molar-refractivity contribution is 0.579. The highest BCUT2D eigenvalue weighted by atomic mass is 32.2. The molecule has 0 amide bonds. The molecule has 0 bridgehead atoms. The Hall–Kier alpha value is -2.57. The number of sulfonamides is 1. The molecule has 0 spiro atoms. The summed E-state index contributed by atoms with van der Waals surface area (Å²) >= 11 is 0. The summed E-state index contributed by atoms with van der Waals surface area (Å²) in [5.41, 5.74) is 6.02. The Kier molecular flexibility index (Phi) is 5.39. The van der Waals surface area contributed by atoms with Gasteiger partial charge in [-0.1, -0.05) is 6.07 Å². The van der Waals surface area contributed by atoms with Gasteiger partial charge in [0.15, 0.2) is 0 Å². The van der Waals surface area contributed by atoms with E-state index in [1.807, 2.05) is 58.0 Å². The second-order valence-corrected chi connectivity index (χ2v) is 8.41. The van der Waals surface area contributed by atoms with Crippen molar-refractivity contribution in [3.05, 3.63) is 76.7 Å². The van der Waals surface area contributed by atoms with E-state index >= 15 is 0 Å². The zero-order valence-electron chi connectivity index (χ0n) is 15.9. The Morgan fingerprint density at radius 1 is 0.963 bits per heavy atom. The minimum Gasteiger partial charge on any atom is -0.264 e. The van der Waals surface area contributed by atoms with Gasteiger partial charge in [0, 0.05) is 30.7 Å². The van der Waals surface area contributed by atoms with Crippen molar-refractivity contribution < 1.29 is 8.42 Å². The van der Waals surface area contributed by atoms with Gasteiger partial charge >= 0.3 is 0 Å². The standard InChI is InChI=1S/C21H23N3O2S/c1-14-10-15(2)17(4)21(16(14)3)27(25,26)24-12-18-7-9-23-20(11-18)19-6-5-8-22-13-19/h5-11,13,24H,12H2,1-4H3. The SMILES string of the molecule is Cc1cc(C)c(C)c(S(=O)(=O)NCc2ccnc(-c3cccnc3)c2)c1C. The summed E-state index contributed by atoms with van der Waals surface area (Å²) in [6, 6.07) is 9.47. The van der Waals surface area contributed by atoms with Crippen LogP contribution in [0.25, 0.3) is 11.3 Å². The Balaban J connectivity index is 1.87. The fourth-order valence-corrected chi connectivity index (χ4v) is 4.72. The van der Waals surface area contributed by atoms with Gasteiger partial charge in [0.1, 0.15) is 0 Å². The molecule has 0 aliphatic rings. The Morgan fingerprint density at radius 2 is 1.67 bits per heavy atom. The van der Waals surface area contributed by atoms with Crippen molar-refractivity contribution in [1.29, 1.82) is 0 Å². The smallest absolute Gasteiger partial charge is 0.241 e. The van der Waals surface area contributed by atoms with Gasteiger partial charge in [-0.2, -0.15) is 0 Å². The van der Waals surface area contributed by atoms with Crippen LogP contribution in [0.5, 0.6) is 0 Å². The summed E-state index contributed by atoms with van der Waals surface area (Å²) < 4.78 is 28.7. The molecule has 1 N–H and O–H groups in total. The van der Waals surface area contributed by atoms with Crippen molar-refractivity contribution in [2.75, 3.05) is 0 Å². The van der Waals surface area contributed by atoms with Crippen molar-refractivity contribution in [3.8, 4) is 11.3 Å². The van der Waals surface area contributed by atoms with Gasteiger partial charge in [-0.05, 0) is 79.8 Å². The third-order valence-corrected chi connectivity index (χ3v) is 6.49. The third kappa shape index (κ3) is 4.07. The number of benzene rings is 1. The van der Waals surface area contributed by atoms with Gasteiger partial charge in [-0.3, -0.25) is 9.97 Å². The number of rotatable bonds is 5. The van der Waals surface area contributed by atoms with Gasteiger partial charge in [-0.25, -0.2) is 13.1 Å². The first-order valence-electron chi connectivity index (χ1n) is 8.72. The van der Waals surface area contributed by atoms with Crippen LogP contribution in [-0.2, 0) is 16.6 Å². The molecule has 1 aromatic carbocycles. The number of aryl methyl sites for hydroxylation is 2. The number of nitrogens with one attached hydrogen (secondary N) is 1. The first-order valence-corrected chi connectivity index (χ1v) is 10.2. The molecule has 6 heteroatoms. The number of hydrogen-bond acceptors (Lipinski definition) is 4. The van der Waals surface area contributed by atoms with Crippen LogP contribution < -0.4 is 4.72 Å².